The standard InChI is InChI=1S/C17H14ClFN2O5/c18-13-8-11(19)6-7-14(13)25-10-16(23)26-9-15(22)21-17(24)20-12-4-2-1-3-5-12/h1-8H,9-10H2,(H2,20,21,22,24). The van der Waals surface area contributed by atoms with Gasteiger partial charge in [0.05, 0.1) is 5.02 Å². The number of imide groups is 1. The first kappa shape index (κ1) is 19.2. The van der Waals surface area contributed by atoms with Crippen molar-refractivity contribution in [2.75, 3.05) is 18.5 Å². The molecular weight excluding hydrogens is 367 g/mol. The van der Waals surface area contributed by atoms with Gasteiger partial charge >= 0.3 is 12.0 Å². The van der Waals surface area contributed by atoms with Crippen molar-refractivity contribution in [2.45, 2.75) is 0 Å². The van der Waals surface area contributed by atoms with E-state index >= 15 is 0 Å². The lowest BCUT2D eigenvalue weighted by molar-refractivity contribution is -0.150. The topological polar surface area (TPSA) is 93.7 Å². The highest BCUT2D eigenvalue weighted by Crippen LogP contribution is 2.24. The number of urea groups is 1. The molecular formula is C17H14ClFN2O5. The van der Waals surface area contributed by atoms with Crippen LogP contribution in [-0.4, -0.2) is 31.1 Å². The van der Waals surface area contributed by atoms with E-state index in [9.17, 15) is 18.8 Å². The molecule has 2 aromatic carbocycles. The molecule has 0 saturated carbocycles. The van der Waals surface area contributed by atoms with Crippen LogP contribution in [0.3, 0.4) is 0 Å². The second-order valence-electron chi connectivity index (χ2n) is 4.89. The van der Waals surface area contributed by atoms with Crippen molar-refractivity contribution >= 4 is 35.2 Å². The van der Waals surface area contributed by atoms with Gasteiger partial charge in [-0.05, 0) is 30.3 Å². The largest absolute Gasteiger partial charge is 0.480 e. The van der Waals surface area contributed by atoms with Crippen molar-refractivity contribution in [2.24, 2.45) is 0 Å². The first-order valence-electron chi connectivity index (χ1n) is 7.33. The van der Waals surface area contributed by atoms with Gasteiger partial charge in [-0.3, -0.25) is 10.1 Å². The SMILES string of the molecule is O=C(COC(=O)COc1ccc(F)cc1Cl)NC(=O)Nc1ccccc1. The van der Waals surface area contributed by atoms with E-state index < -0.39 is 36.9 Å². The molecule has 0 unspecified atom stereocenters. The summed E-state index contributed by atoms with van der Waals surface area (Å²) in [6.45, 7) is -1.20. The molecule has 0 radical (unpaired) electrons. The number of para-hydroxylation sites is 1. The predicted octanol–water partition coefficient (Wildman–Crippen LogP) is 2.75. The first-order valence-corrected chi connectivity index (χ1v) is 7.71. The Bertz CT molecular complexity index is 801. The van der Waals surface area contributed by atoms with Crippen molar-refractivity contribution < 1.29 is 28.2 Å². The number of rotatable bonds is 6. The number of nitrogens with one attached hydrogen (secondary N) is 2. The molecule has 0 fully saturated rings. The Kier molecular flexibility index (Phi) is 6.92. The molecule has 7 nitrogen and oxygen atoms in total. The lowest BCUT2D eigenvalue weighted by Gasteiger charge is -2.09. The van der Waals surface area contributed by atoms with Gasteiger partial charge in [0.2, 0.25) is 0 Å². The zero-order chi connectivity index (χ0) is 18.9. The summed E-state index contributed by atoms with van der Waals surface area (Å²) in [7, 11) is 0. The van der Waals surface area contributed by atoms with Crippen molar-refractivity contribution in [3.8, 4) is 5.75 Å². The number of hydrogen-bond acceptors (Lipinski definition) is 5. The summed E-state index contributed by atoms with van der Waals surface area (Å²) < 4.78 is 22.6. The van der Waals surface area contributed by atoms with Crippen LogP contribution < -0.4 is 15.4 Å². The number of benzene rings is 2. The minimum absolute atomic E-state index is 0.00636. The summed E-state index contributed by atoms with van der Waals surface area (Å²) in [4.78, 5) is 34.7. The van der Waals surface area contributed by atoms with E-state index in [1.165, 1.54) is 6.07 Å². The molecule has 2 rings (SSSR count). The molecule has 0 spiro atoms. The van der Waals surface area contributed by atoms with Crippen LogP contribution in [0.4, 0.5) is 14.9 Å². The molecule has 2 aromatic rings. The number of ether oxygens (including phenoxy) is 2. The maximum atomic E-state index is 12.9. The smallest absolute Gasteiger partial charge is 0.344 e. The third-order valence-corrected chi connectivity index (χ3v) is 3.18. The minimum Gasteiger partial charge on any atom is -0.480 e. The zero-order valence-corrected chi connectivity index (χ0v) is 14.1. The lowest BCUT2D eigenvalue weighted by atomic mass is 10.3. The summed E-state index contributed by atoms with van der Waals surface area (Å²) in [6, 6.07) is 11.1. The Morgan fingerprint density at radius 3 is 2.46 bits per heavy atom. The first-order chi connectivity index (χ1) is 12.4. The fraction of sp³-hybridized carbons (Fsp3) is 0.118. The Balaban J connectivity index is 1.69. The Hall–Kier alpha value is -3.13. The summed E-state index contributed by atoms with van der Waals surface area (Å²) in [5, 5.41) is 4.43. The molecule has 0 aromatic heterocycles. The second kappa shape index (κ2) is 9.38. The number of anilines is 1. The third-order valence-electron chi connectivity index (χ3n) is 2.89. The molecule has 0 atom stereocenters. The van der Waals surface area contributed by atoms with Crippen molar-refractivity contribution in [1.29, 1.82) is 0 Å². The number of amides is 3. The van der Waals surface area contributed by atoms with Gasteiger partial charge in [0.1, 0.15) is 11.6 Å². The minimum atomic E-state index is -0.857. The highest BCUT2D eigenvalue weighted by Gasteiger charge is 2.12. The molecule has 26 heavy (non-hydrogen) atoms. The van der Waals surface area contributed by atoms with E-state index in [0.717, 1.165) is 12.1 Å². The van der Waals surface area contributed by atoms with E-state index in [2.05, 4.69) is 10.1 Å². The molecule has 0 saturated heterocycles. The number of esters is 1. The van der Waals surface area contributed by atoms with Gasteiger partial charge in [-0.25, -0.2) is 14.0 Å². The van der Waals surface area contributed by atoms with Gasteiger partial charge in [-0.15, -0.1) is 0 Å². The fourth-order valence-corrected chi connectivity index (χ4v) is 1.98. The Labute approximate surface area is 153 Å². The van der Waals surface area contributed by atoms with E-state index in [1.54, 1.807) is 30.3 Å². The molecule has 9 heteroatoms. The molecule has 0 aliphatic carbocycles. The molecule has 3 amide bonds. The number of hydrogen-bond donors (Lipinski definition) is 2. The summed E-state index contributed by atoms with van der Waals surface area (Å²) in [6.07, 6.45) is 0. The van der Waals surface area contributed by atoms with Gasteiger partial charge < -0.3 is 14.8 Å². The van der Waals surface area contributed by atoms with Crippen LogP contribution in [0.2, 0.25) is 5.02 Å². The number of halogens is 2. The van der Waals surface area contributed by atoms with E-state index in [4.69, 9.17) is 16.3 Å². The number of carbonyl (C=O) groups is 3. The van der Waals surface area contributed by atoms with Gasteiger partial charge in [0.15, 0.2) is 13.2 Å². The van der Waals surface area contributed by atoms with Crippen LogP contribution in [0.5, 0.6) is 5.75 Å². The Morgan fingerprint density at radius 2 is 1.77 bits per heavy atom. The zero-order valence-electron chi connectivity index (χ0n) is 13.3. The normalized spacial score (nSPS) is 9.92. The molecule has 0 heterocycles. The van der Waals surface area contributed by atoms with Crippen molar-refractivity contribution in [3.63, 3.8) is 0 Å². The fourth-order valence-electron chi connectivity index (χ4n) is 1.76. The van der Waals surface area contributed by atoms with Crippen LogP contribution in [0.15, 0.2) is 48.5 Å². The molecule has 136 valence electrons. The monoisotopic (exact) mass is 380 g/mol. The molecule has 2 N–H and O–H groups in total. The van der Waals surface area contributed by atoms with E-state index in [1.807, 2.05) is 5.32 Å². The van der Waals surface area contributed by atoms with Crippen LogP contribution in [0, 0.1) is 5.82 Å². The van der Waals surface area contributed by atoms with Crippen LogP contribution in [0.1, 0.15) is 0 Å². The molecule has 0 aliphatic rings. The van der Waals surface area contributed by atoms with Gasteiger partial charge in [0.25, 0.3) is 5.91 Å². The average Bonchev–Trinajstić information content (AvgIpc) is 2.60. The highest BCUT2D eigenvalue weighted by atomic mass is 35.5. The van der Waals surface area contributed by atoms with Gasteiger partial charge in [-0.2, -0.15) is 0 Å². The predicted molar refractivity (Wildman–Crippen MR) is 91.5 cm³/mol. The van der Waals surface area contributed by atoms with Crippen LogP contribution in [0.25, 0.3) is 0 Å². The summed E-state index contributed by atoms with van der Waals surface area (Å²) in [5.41, 5.74) is 0.499. The van der Waals surface area contributed by atoms with Crippen LogP contribution in [-0.2, 0) is 14.3 Å². The van der Waals surface area contributed by atoms with Gasteiger partial charge in [-0.1, -0.05) is 29.8 Å². The lowest BCUT2D eigenvalue weighted by Crippen LogP contribution is -2.37. The second-order valence-corrected chi connectivity index (χ2v) is 5.30. The molecule has 0 aliphatic heterocycles. The van der Waals surface area contributed by atoms with E-state index in [0.29, 0.717) is 5.69 Å². The maximum absolute atomic E-state index is 12.9. The van der Waals surface area contributed by atoms with Crippen LogP contribution >= 0.6 is 11.6 Å². The van der Waals surface area contributed by atoms with Crippen molar-refractivity contribution in [1.82, 2.24) is 5.32 Å². The highest BCUT2D eigenvalue weighted by molar-refractivity contribution is 6.32. The van der Waals surface area contributed by atoms with Crippen molar-refractivity contribution in [3.05, 3.63) is 59.4 Å². The molecule has 0 bridgehead atoms. The summed E-state index contributed by atoms with van der Waals surface area (Å²) in [5.74, 6) is -2.12. The van der Waals surface area contributed by atoms with Gasteiger partial charge in [0, 0.05) is 5.69 Å². The maximum Gasteiger partial charge on any atom is 0.344 e. The Morgan fingerprint density at radius 1 is 1.04 bits per heavy atom. The average molecular weight is 381 g/mol. The third kappa shape index (κ3) is 6.40. The summed E-state index contributed by atoms with van der Waals surface area (Å²) >= 11 is 5.74. The quantitative estimate of drug-likeness (QED) is 0.751. The number of carbonyl (C=O) groups excluding carboxylic acids is 3. The van der Waals surface area contributed by atoms with E-state index in [-0.39, 0.29) is 10.8 Å².